The van der Waals surface area contributed by atoms with Gasteiger partial charge >= 0.3 is 0 Å². The highest BCUT2D eigenvalue weighted by atomic mass is 19.1. The van der Waals surface area contributed by atoms with Gasteiger partial charge in [-0.25, -0.2) is 18.9 Å². The number of nitrogens with zero attached hydrogens (tertiary/aromatic N) is 5. The lowest BCUT2D eigenvalue weighted by atomic mass is 10.0. The molecular weight excluding hydrogens is 511 g/mol. The molecule has 40 heavy (non-hydrogen) atoms. The molecule has 3 aromatic heterocycles. The Morgan fingerprint density at radius 3 is 2.65 bits per heavy atom. The molecule has 6 aromatic rings. The van der Waals surface area contributed by atoms with Gasteiger partial charge in [0.25, 0.3) is 5.91 Å². The Hall–Kier alpha value is -5.45. The minimum Gasteiger partial charge on any atom is -0.454 e. The van der Waals surface area contributed by atoms with Crippen LogP contribution in [0.5, 0.6) is 11.5 Å². The molecule has 6 rings (SSSR count). The molecule has 0 aliphatic heterocycles. The second-order valence-corrected chi connectivity index (χ2v) is 9.15. The molecule has 0 unspecified atom stereocenters. The summed E-state index contributed by atoms with van der Waals surface area (Å²) < 4.78 is 22.4. The highest BCUT2D eigenvalue weighted by molar-refractivity contribution is 6.07. The number of imidazole rings is 1. The van der Waals surface area contributed by atoms with Gasteiger partial charge in [-0.2, -0.15) is 5.10 Å². The van der Waals surface area contributed by atoms with Crippen molar-refractivity contribution in [2.45, 2.75) is 6.92 Å². The van der Waals surface area contributed by atoms with Gasteiger partial charge in [0, 0.05) is 31.0 Å². The van der Waals surface area contributed by atoms with Crippen LogP contribution in [0.25, 0.3) is 27.7 Å². The average Bonchev–Trinajstić information content (AvgIpc) is 3.57. The minimum absolute atomic E-state index is 0.0976. The van der Waals surface area contributed by atoms with E-state index in [-0.39, 0.29) is 23.0 Å². The van der Waals surface area contributed by atoms with Gasteiger partial charge in [0.05, 0.1) is 11.1 Å². The standard InChI is InChI=1S/C29H25FN8O2/c1-3-37(2)28(39)20-15-38-26(27(31)32-16-33-38)23(20)17-9-11-18(12-10-17)34-29-35-21-13-14-22(24(30)25(21)36-29)40-19-7-5-4-6-8-19/h4-16H,3H2,1-2H3,(H2,31,32,33)(H2,34,35,36). The highest BCUT2D eigenvalue weighted by Crippen LogP contribution is 2.34. The summed E-state index contributed by atoms with van der Waals surface area (Å²) in [5.74, 6) is 0.585. The molecule has 0 fully saturated rings. The number of amides is 1. The number of fused-ring (bicyclic) bond motifs is 2. The number of aromatic amines is 1. The maximum atomic E-state index is 15.2. The third-order valence-electron chi connectivity index (χ3n) is 6.62. The number of aromatic nitrogens is 5. The van der Waals surface area contributed by atoms with E-state index in [0.29, 0.717) is 46.1 Å². The molecule has 1 amide bonds. The van der Waals surface area contributed by atoms with Crippen molar-refractivity contribution in [1.82, 2.24) is 29.5 Å². The topological polar surface area (TPSA) is 126 Å². The highest BCUT2D eigenvalue weighted by Gasteiger charge is 2.23. The predicted octanol–water partition coefficient (Wildman–Crippen LogP) is 5.62. The van der Waals surface area contributed by atoms with Crippen molar-refractivity contribution in [1.29, 1.82) is 0 Å². The summed E-state index contributed by atoms with van der Waals surface area (Å²) in [6.45, 7) is 2.45. The molecule has 200 valence electrons. The zero-order chi connectivity index (χ0) is 27.8. The van der Waals surface area contributed by atoms with Gasteiger partial charge in [0.2, 0.25) is 5.95 Å². The molecule has 0 saturated heterocycles. The van der Waals surface area contributed by atoms with Crippen molar-refractivity contribution in [3.63, 3.8) is 0 Å². The van der Waals surface area contributed by atoms with Gasteiger partial charge < -0.3 is 25.7 Å². The van der Waals surface area contributed by atoms with E-state index in [9.17, 15) is 4.79 Å². The number of nitrogens with one attached hydrogen (secondary N) is 2. The average molecular weight is 537 g/mol. The SMILES string of the molecule is CCN(C)C(=O)c1cn2ncnc(N)c2c1-c1ccc(Nc2nc3ccc(Oc4ccccc4)c(F)c3[nH]2)cc1. The molecule has 0 spiro atoms. The summed E-state index contributed by atoms with van der Waals surface area (Å²) in [4.78, 5) is 26.3. The number of halogens is 1. The van der Waals surface area contributed by atoms with E-state index in [1.54, 1.807) is 46.9 Å². The largest absolute Gasteiger partial charge is 0.454 e. The van der Waals surface area contributed by atoms with Crippen LogP contribution in [0, 0.1) is 5.82 Å². The molecule has 0 atom stereocenters. The second-order valence-electron chi connectivity index (χ2n) is 9.15. The number of para-hydroxylation sites is 1. The Kier molecular flexibility index (Phi) is 6.23. The Morgan fingerprint density at radius 1 is 1.12 bits per heavy atom. The number of benzene rings is 3. The van der Waals surface area contributed by atoms with E-state index < -0.39 is 5.82 Å². The van der Waals surface area contributed by atoms with Crippen molar-refractivity contribution in [2.24, 2.45) is 0 Å². The molecule has 0 aliphatic rings. The number of anilines is 3. The van der Waals surface area contributed by atoms with Crippen LogP contribution in [0.3, 0.4) is 0 Å². The smallest absolute Gasteiger partial charge is 0.255 e. The second kappa shape index (κ2) is 10.0. The van der Waals surface area contributed by atoms with E-state index in [1.807, 2.05) is 49.4 Å². The monoisotopic (exact) mass is 536 g/mol. The van der Waals surface area contributed by atoms with E-state index in [1.165, 1.54) is 6.33 Å². The molecule has 11 heteroatoms. The Balaban J connectivity index is 1.30. The summed E-state index contributed by atoms with van der Waals surface area (Å²) in [5.41, 5.74) is 10.0. The molecular formula is C29H25FN8O2. The van der Waals surface area contributed by atoms with Crippen molar-refractivity contribution in [3.8, 4) is 22.6 Å². The van der Waals surface area contributed by atoms with Crippen LogP contribution in [0.15, 0.2) is 79.3 Å². The van der Waals surface area contributed by atoms with Gasteiger partial charge in [-0.15, -0.1) is 0 Å². The zero-order valence-corrected chi connectivity index (χ0v) is 21.7. The minimum atomic E-state index is -0.535. The number of carbonyl (C=O) groups excluding carboxylic acids is 1. The predicted molar refractivity (Wildman–Crippen MR) is 151 cm³/mol. The third-order valence-corrected chi connectivity index (χ3v) is 6.62. The van der Waals surface area contributed by atoms with E-state index in [2.05, 4.69) is 25.4 Å². The fourth-order valence-corrected chi connectivity index (χ4v) is 4.47. The first kappa shape index (κ1) is 24.9. The van der Waals surface area contributed by atoms with Crippen LogP contribution in [0.2, 0.25) is 0 Å². The first-order valence-corrected chi connectivity index (χ1v) is 12.6. The van der Waals surface area contributed by atoms with Crippen molar-refractivity contribution in [3.05, 3.63) is 90.6 Å². The molecule has 10 nitrogen and oxygen atoms in total. The first-order chi connectivity index (χ1) is 19.4. The Morgan fingerprint density at radius 2 is 1.90 bits per heavy atom. The molecule has 0 bridgehead atoms. The van der Waals surface area contributed by atoms with Crippen LogP contribution in [-0.2, 0) is 0 Å². The first-order valence-electron chi connectivity index (χ1n) is 12.6. The van der Waals surface area contributed by atoms with Crippen LogP contribution in [-0.4, -0.2) is 49.0 Å². The summed E-state index contributed by atoms with van der Waals surface area (Å²) in [6.07, 6.45) is 3.02. The number of rotatable bonds is 7. The number of hydrogen-bond donors (Lipinski definition) is 3. The van der Waals surface area contributed by atoms with Gasteiger partial charge in [-0.1, -0.05) is 30.3 Å². The fourth-order valence-electron chi connectivity index (χ4n) is 4.47. The van der Waals surface area contributed by atoms with Crippen LogP contribution in [0.4, 0.5) is 21.8 Å². The van der Waals surface area contributed by atoms with Gasteiger partial charge in [-0.05, 0) is 48.9 Å². The van der Waals surface area contributed by atoms with Gasteiger partial charge in [-0.3, -0.25) is 4.79 Å². The van der Waals surface area contributed by atoms with Crippen LogP contribution >= 0.6 is 0 Å². The van der Waals surface area contributed by atoms with E-state index in [0.717, 1.165) is 5.56 Å². The van der Waals surface area contributed by atoms with Crippen LogP contribution in [0.1, 0.15) is 17.3 Å². The molecule has 0 saturated carbocycles. The molecule has 0 radical (unpaired) electrons. The fraction of sp³-hybridized carbons (Fsp3) is 0.103. The number of H-pyrrole nitrogens is 1. The third kappa shape index (κ3) is 4.43. The normalized spacial score (nSPS) is 11.2. The van der Waals surface area contributed by atoms with E-state index in [4.69, 9.17) is 10.5 Å². The lowest BCUT2D eigenvalue weighted by Crippen LogP contribution is -2.26. The zero-order valence-electron chi connectivity index (χ0n) is 21.7. The number of ether oxygens (including phenoxy) is 1. The van der Waals surface area contributed by atoms with Crippen molar-refractivity contribution in [2.75, 3.05) is 24.6 Å². The Bertz CT molecular complexity index is 1850. The molecule has 4 N–H and O–H groups in total. The number of nitrogens with two attached hydrogens (primary N) is 1. The number of nitrogen functional groups attached to an aromatic ring is 1. The van der Waals surface area contributed by atoms with Crippen molar-refractivity contribution < 1.29 is 13.9 Å². The maximum absolute atomic E-state index is 15.2. The summed E-state index contributed by atoms with van der Waals surface area (Å²) in [5, 5.41) is 7.41. The maximum Gasteiger partial charge on any atom is 0.255 e. The molecule has 3 aromatic carbocycles. The van der Waals surface area contributed by atoms with Crippen molar-refractivity contribution >= 4 is 39.9 Å². The summed E-state index contributed by atoms with van der Waals surface area (Å²) >= 11 is 0. The van der Waals surface area contributed by atoms with Gasteiger partial charge in [0.1, 0.15) is 23.1 Å². The number of carbonyl (C=O) groups is 1. The Labute approximate surface area is 228 Å². The van der Waals surface area contributed by atoms with E-state index >= 15 is 4.39 Å². The summed E-state index contributed by atoms with van der Waals surface area (Å²) in [6, 6.07) is 19.7. The number of hydrogen-bond acceptors (Lipinski definition) is 7. The quantitative estimate of drug-likeness (QED) is 0.242. The van der Waals surface area contributed by atoms with Gasteiger partial charge in [0.15, 0.2) is 17.4 Å². The van der Waals surface area contributed by atoms with Crippen LogP contribution < -0.4 is 15.8 Å². The molecule has 3 heterocycles. The lowest BCUT2D eigenvalue weighted by molar-refractivity contribution is 0.0803. The molecule has 0 aliphatic carbocycles. The summed E-state index contributed by atoms with van der Waals surface area (Å²) in [7, 11) is 1.74. The lowest BCUT2D eigenvalue weighted by Gasteiger charge is -2.15.